The molecule has 1 aromatic heterocycles. The molecule has 1 fully saturated rings. The molecular formula is C12H22N4O. The van der Waals surface area contributed by atoms with Crippen LogP contribution in [-0.4, -0.2) is 54.6 Å². The van der Waals surface area contributed by atoms with Gasteiger partial charge in [0.25, 0.3) is 0 Å². The summed E-state index contributed by atoms with van der Waals surface area (Å²) in [6.07, 6.45) is 2.54. The average molecular weight is 238 g/mol. The zero-order valence-corrected chi connectivity index (χ0v) is 10.7. The van der Waals surface area contributed by atoms with E-state index in [4.69, 9.17) is 10.2 Å². The number of hydrogen-bond donors (Lipinski definition) is 1. The van der Waals surface area contributed by atoms with Crippen molar-refractivity contribution in [3.05, 3.63) is 17.8 Å². The van der Waals surface area contributed by atoms with Gasteiger partial charge in [-0.2, -0.15) is 0 Å². The first-order chi connectivity index (χ1) is 8.15. The Morgan fingerprint density at radius 2 is 2.12 bits per heavy atom. The molecular weight excluding hydrogens is 216 g/mol. The van der Waals surface area contributed by atoms with E-state index in [1.807, 2.05) is 6.92 Å². The van der Waals surface area contributed by atoms with Gasteiger partial charge in [0.2, 0.25) is 0 Å². The third-order valence-electron chi connectivity index (χ3n) is 3.27. The van der Waals surface area contributed by atoms with Crippen molar-refractivity contribution >= 4 is 0 Å². The largest absolute Gasteiger partial charge is 0.449 e. The Morgan fingerprint density at radius 3 is 2.71 bits per heavy atom. The van der Waals surface area contributed by atoms with Crippen molar-refractivity contribution in [3.63, 3.8) is 0 Å². The van der Waals surface area contributed by atoms with E-state index in [0.717, 1.165) is 50.7 Å². The van der Waals surface area contributed by atoms with Crippen LogP contribution in [0.3, 0.4) is 0 Å². The summed E-state index contributed by atoms with van der Waals surface area (Å²) in [6.45, 7) is 7.51. The van der Waals surface area contributed by atoms with Crippen LogP contribution in [0.25, 0.3) is 0 Å². The molecule has 0 bridgehead atoms. The summed E-state index contributed by atoms with van der Waals surface area (Å²) in [4.78, 5) is 9.19. The molecule has 1 aliphatic rings. The second-order valence-corrected chi connectivity index (χ2v) is 4.85. The standard InChI is InChI=1S/C12H22N4O/c1-10(13)11-9-17-12(14-11)3-4-16-7-5-15(2)6-8-16/h9-10H,3-8,13H2,1-2H3. The molecule has 5 nitrogen and oxygen atoms in total. The van der Waals surface area contributed by atoms with Crippen molar-refractivity contribution in [1.82, 2.24) is 14.8 Å². The van der Waals surface area contributed by atoms with Crippen LogP contribution in [0.1, 0.15) is 24.6 Å². The molecule has 0 aromatic carbocycles. The van der Waals surface area contributed by atoms with Crippen molar-refractivity contribution < 1.29 is 4.42 Å². The fourth-order valence-corrected chi connectivity index (χ4v) is 1.97. The Hall–Kier alpha value is -0.910. The lowest BCUT2D eigenvalue weighted by molar-refractivity contribution is 0.153. The molecule has 0 saturated carbocycles. The van der Waals surface area contributed by atoms with Crippen LogP contribution in [0.5, 0.6) is 0 Å². The molecule has 0 spiro atoms. The molecule has 96 valence electrons. The predicted molar refractivity (Wildman–Crippen MR) is 66.7 cm³/mol. The van der Waals surface area contributed by atoms with Crippen LogP contribution in [0.15, 0.2) is 10.7 Å². The molecule has 0 radical (unpaired) electrons. The van der Waals surface area contributed by atoms with E-state index in [1.54, 1.807) is 6.26 Å². The molecule has 1 unspecified atom stereocenters. The lowest BCUT2D eigenvalue weighted by Gasteiger charge is -2.31. The van der Waals surface area contributed by atoms with Crippen LogP contribution < -0.4 is 5.73 Å². The number of aromatic nitrogens is 1. The molecule has 1 saturated heterocycles. The summed E-state index contributed by atoms with van der Waals surface area (Å²) in [5.74, 6) is 0.802. The van der Waals surface area contributed by atoms with Crippen molar-refractivity contribution in [1.29, 1.82) is 0 Å². The Balaban J connectivity index is 1.77. The van der Waals surface area contributed by atoms with Gasteiger partial charge in [-0.05, 0) is 14.0 Å². The third kappa shape index (κ3) is 3.52. The summed E-state index contributed by atoms with van der Waals surface area (Å²) in [6, 6.07) is -0.0452. The predicted octanol–water partition coefficient (Wildman–Crippen LogP) is 0.484. The summed E-state index contributed by atoms with van der Waals surface area (Å²) >= 11 is 0. The summed E-state index contributed by atoms with van der Waals surface area (Å²) < 4.78 is 5.41. The molecule has 2 heterocycles. The Morgan fingerprint density at radius 1 is 1.41 bits per heavy atom. The molecule has 0 aliphatic carbocycles. The van der Waals surface area contributed by atoms with Gasteiger partial charge in [-0.1, -0.05) is 0 Å². The number of nitrogens with zero attached hydrogens (tertiary/aromatic N) is 3. The number of hydrogen-bond acceptors (Lipinski definition) is 5. The molecule has 1 aliphatic heterocycles. The zero-order valence-electron chi connectivity index (χ0n) is 10.7. The van der Waals surface area contributed by atoms with Crippen LogP contribution in [0.4, 0.5) is 0 Å². The van der Waals surface area contributed by atoms with Gasteiger partial charge in [-0.15, -0.1) is 0 Å². The highest BCUT2D eigenvalue weighted by atomic mass is 16.3. The minimum atomic E-state index is -0.0452. The Kier molecular flexibility index (Phi) is 4.15. The Labute approximate surface area is 103 Å². The summed E-state index contributed by atoms with van der Waals surface area (Å²) in [5.41, 5.74) is 6.59. The van der Waals surface area contributed by atoms with Crippen LogP contribution >= 0.6 is 0 Å². The monoisotopic (exact) mass is 238 g/mol. The van der Waals surface area contributed by atoms with E-state index in [9.17, 15) is 0 Å². The van der Waals surface area contributed by atoms with Gasteiger partial charge in [0.05, 0.1) is 5.69 Å². The van der Waals surface area contributed by atoms with E-state index in [0.29, 0.717) is 0 Å². The minimum absolute atomic E-state index is 0.0452. The lowest BCUT2D eigenvalue weighted by atomic mass is 10.3. The number of likely N-dealkylation sites (N-methyl/N-ethyl adjacent to an activating group) is 1. The van der Waals surface area contributed by atoms with Crippen molar-refractivity contribution in [2.45, 2.75) is 19.4 Å². The normalized spacial score (nSPS) is 20.6. The van der Waals surface area contributed by atoms with E-state index < -0.39 is 0 Å². The van der Waals surface area contributed by atoms with Gasteiger partial charge in [0.15, 0.2) is 5.89 Å². The minimum Gasteiger partial charge on any atom is -0.449 e. The number of nitrogens with two attached hydrogens (primary N) is 1. The van der Waals surface area contributed by atoms with Gasteiger partial charge in [0, 0.05) is 45.2 Å². The van der Waals surface area contributed by atoms with Crippen LogP contribution in [0.2, 0.25) is 0 Å². The number of rotatable bonds is 4. The van der Waals surface area contributed by atoms with E-state index in [2.05, 4.69) is 21.8 Å². The summed E-state index contributed by atoms with van der Waals surface area (Å²) in [5, 5.41) is 0. The van der Waals surface area contributed by atoms with Gasteiger partial charge in [-0.3, -0.25) is 0 Å². The summed E-state index contributed by atoms with van der Waals surface area (Å²) in [7, 11) is 2.17. The first-order valence-corrected chi connectivity index (χ1v) is 6.26. The van der Waals surface area contributed by atoms with Crippen LogP contribution in [-0.2, 0) is 6.42 Å². The second-order valence-electron chi connectivity index (χ2n) is 4.85. The highest BCUT2D eigenvalue weighted by molar-refractivity contribution is 5.01. The van der Waals surface area contributed by atoms with Gasteiger partial charge < -0.3 is 20.0 Å². The first kappa shape index (κ1) is 12.5. The van der Waals surface area contributed by atoms with E-state index >= 15 is 0 Å². The highest BCUT2D eigenvalue weighted by Gasteiger charge is 2.14. The van der Waals surface area contributed by atoms with Gasteiger partial charge >= 0.3 is 0 Å². The van der Waals surface area contributed by atoms with Crippen molar-refractivity contribution in [2.24, 2.45) is 5.73 Å². The van der Waals surface area contributed by atoms with Gasteiger partial charge in [0.1, 0.15) is 6.26 Å². The molecule has 2 rings (SSSR count). The quantitative estimate of drug-likeness (QED) is 0.827. The molecule has 2 N–H and O–H groups in total. The molecule has 5 heteroatoms. The average Bonchev–Trinajstić information content (AvgIpc) is 2.77. The lowest BCUT2D eigenvalue weighted by Crippen LogP contribution is -2.45. The molecule has 1 atom stereocenters. The Bertz CT molecular complexity index is 342. The maximum atomic E-state index is 5.74. The number of piperazine rings is 1. The third-order valence-corrected chi connectivity index (χ3v) is 3.27. The topological polar surface area (TPSA) is 58.5 Å². The highest BCUT2D eigenvalue weighted by Crippen LogP contribution is 2.10. The zero-order chi connectivity index (χ0) is 12.3. The maximum absolute atomic E-state index is 5.74. The first-order valence-electron chi connectivity index (χ1n) is 6.26. The smallest absolute Gasteiger partial charge is 0.195 e. The fourth-order valence-electron chi connectivity index (χ4n) is 1.97. The van der Waals surface area contributed by atoms with E-state index in [-0.39, 0.29) is 6.04 Å². The SMILES string of the molecule is CC(N)c1coc(CCN2CCN(C)CC2)n1. The number of oxazole rings is 1. The molecule has 1 aromatic rings. The second kappa shape index (κ2) is 5.62. The molecule has 0 amide bonds. The molecule has 17 heavy (non-hydrogen) atoms. The fraction of sp³-hybridized carbons (Fsp3) is 0.750. The van der Waals surface area contributed by atoms with Crippen molar-refractivity contribution in [3.8, 4) is 0 Å². The van der Waals surface area contributed by atoms with Crippen LogP contribution in [0, 0.1) is 0 Å². The van der Waals surface area contributed by atoms with Gasteiger partial charge in [-0.25, -0.2) is 4.98 Å². The maximum Gasteiger partial charge on any atom is 0.195 e. The van der Waals surface area contributed by atoms with E-state index in [1.165, 1.54) is 0 Å². The van der Waals surface area contributed by atoms with Crippen molar-refractivity contribution in [2.75, 3.05) is 39.8 Å².